The van der Waals surface area contributed by atoms with E-state index in [1.807, 2.05) is 25.1 Å². The van der Waals surface area contributed by atoms with Crippen molar-refractivity contribution in [1.29, 1.82) is 0 Å². The van der Waals surface area contributed by atoms with Crippen molar-refractivity contribution in [3.63, 3.8) is 0 Å². The summed E-state index contributed by atoms with van der Waals surface area (Å²) in [7, 11) is 0. The van der Waals surface area contributed by atoms with Crippen molar-refractivity contribution in [2.24, 2.45) is 0 Å². The SMILES string of the molecule is CCCCCCCOc1ccc(C)cc1C=CC(=O)O. The van der Waals surface area contributed by atoms with Gasteiger partial charge in [-0.15, -0.1) is 0 Å². The molecule has 0 unspecified atom stereocenters. The van der Waals surface area contributed by atoms with Crippen molar-refractivity contribution >= 4 is 12.0 Å². The molecule has 1 aromatic rings. The van der Waals surface area contributed by atoms with Crippen LogP contribution in [0.2, 0.25) is 0 Å². The summed E-state index contributed by atoms with van der Waals surface area (Å²) < 4.78 is 5.76. The Bertz CT molecular complexity index is 450. The Balaban J connectivity index is 2.53. The smallest absolute Gasteiger partial charge is 0.328 e. The molecule has 0 aliphatic carbocycles. The summed E-state index contributed by atoms with van der Waals surface area (Å²) in [5.41, 5.74) is 1.91. The van der Waals surface area contributed by atoms with Crippen LogP contribution in [0.25, 0.3) is 6.08 Å². The van der Waals surface area contributed by atoms with E-state index in [-0.39, 0.29) is 0 Å². The normalized spacial score (nSPS) is 10.9. The third-order valence-corrected chi connectivity index (χ3v) is 3.08. The van der Waals surface area contributed by atoms with E-state index in [2.05, 4.69) is 6.92 Å². The Morgan fingerprint density at radius 2 is 2.00 bits per heavy atom. The van der Waals surface area contributed by atoms with Gasteiger partial charge in [0.2, 0.25) is 0 Å². The quantitative estimate of drug-likeness (QED) is 0.535. The van der Waals surface area contributed by atoms with Gasteiger partial charge in [-0.2, -0.15) is 0 Å². The Morgan fingerprint density at radius 1 is 1.25 bits per heavy atom. The lowest BCUT2D eigenvalue weighted by Gasteiger charge is -2.10. The molecule has 20 heavy (non-hydrogen) atoms. The highest BCUT2D eigenvalue weighted by atomic mass is 16.5. The molecule has 3 nitrogen and oxygen atoms in total. The van der Waals surface area contributed by atoms with Crippen molar-refractivity contribution in [2.45, 2.75) is 46.0 Å². The van der Waals surface area contributed by atoms with Gasteiger partial charge in [0, 0.05) is 11.6 Å². The molecule has 0 aliphatic rings. The maximum absolute atomic E-state index is 10.6. The molecular formula is C17H24O3. The fourth-order valence-electron chi connectivity index (χ4n) is 1.98. The summed E-state index contributed by atoms with van der Waals surface area (Å²) in [6.07, 6.45) is 8.71. The molecular weight excluding hydrogens is 252 g/mol. The number of rotatable bonds is 9. The average Bonchev–Trinajstić information content (AvgIpc) is 2.42. The Morgan fingerprint density at radius 3 is 2.70 bits per heavy atom. The molecule has 0 saturated carbocycles. The molecule has 1 aromatic carbocycles. The molecule has 0 fully saturated rings. The van der Waals surface area contributed by atoms with Gasteiger partial charge in [0.15, 0.2) is 0 Å². The molecule has 110 valence electrons. The van der Waals surface area contributed by atoms with Crippen molar-refractivity contribution < 1.29 is 14.6 Å². The van der Waals surface area contributed by atoms with Crippen LogP contribution in [-0.4, -0.2) is 17.7 Å². The zero-order chi connectivity index (χ0) is 14.8. The minimum absolute atomic E-state index is 0.681. The number of ether oxygens (including phenoxy) is 1. The van der Waals surface area contributed by atoms with Gasteiger partial charge in [-0.05, 0) is 31.6 Å². The predicted octanol–water partition coefficient (Wildman–Crippen LogP) is 4.44. The zero-order valence-electron chi connectivity index (χ0n) is 12.4. The second-order valence-corrected chi connectivity index (χ2v) is 4.98. The van der Waals surface area contributed by atoms with Crippen molar-refractivity contribution in [2.75, 3.05) is 6.61 Å². The number of unbranched alkanes of at least 4 members (excludes halogenated alkanes) is 4. The van der Waals surface area contributed by atoms with Gasteiger partial charge < -0.3 is 9.84 Å². The first-order valence-corrected chi connectivity index (χ1v) is 7.28. The lowest BCUT2D eigenvalue weighted by molar-refractivity contribution is -0.131. The zero-order valence-corrected chi connectivity index (χ0v) is 12.4. The lowest BCUT2D eigenvalue weighted by Crippen LogP contribution is -1.99. The minimum Gasteiger partial charge on any atom is -0.493 e. The number of hydrogen-bond acceptors (Lipinski definition) is 2. The van der Waals surface area contributed by atoms with E-state index >= 15 is 0 Å². The largest absolute Gasteiger partial charge is 0.493 e. The standard InChI is InChI=1S/C17H24O3/c1-3-4-5-6-7-12-20-16-10-8-14(2)13-15(16)9-11-17(18)19/h8-11,13H,3-7,12H2,1-2H3,(H,18,19). The number of aliphatic carboxylic acids is 1. The molecule has 0 atom stereocenters. The van der Waals surface area contributed by atoms with Crippen molar-refractivity contribution in [1.82, 2.24) is 0 Å². The number of carboxylic acids is 1. The van der Waals surface area contributed by atoms with Crippen molar-refractivity contribution in [3.8, 4) is 5.75 Å². The summed E-state index contributed by atoms with van der Waals surface area (Å²) in [5.74, 6) is -0.194. The molecule has 0 bridgehead atoms. The molecule has 0 radical (unpaired) electrons. The third-order valence-electron chi connectivity index (χ3n) is 3.08. The summed E-state index contributed by atoms with van der Waals surface area (Å²) in [5, 5.41) is 8.70. The fourth-order valence-corrected chi connectivity index (χ4v) is 1.98. The van der Waals surface area contributed by atoms with Gasteiger partial charge in [0.05, 0.1) is 6.61 Å². The maximum atomic E-state index is 10.6. The monoisotopic (exact) mass is 276 g/mol. The van der Waals surface area contributed by atoms with Gasteiger partial charge in [-0.25, -0.2) is 4.79 Å². The predicted molar refractivity (Wildman–Crippen MR) is 82.1 cm³/mol. The number of aryl methyl sites for hydroxylation is 1. The summed E-state index contributed by atoms with van der Waals surface area (Å²) in [4.78, 5) is 10.6. The van der Waals surface area contributed by atoms with Gasteiger partial charge in [0.1, 0.15) is 5.75 Å². The number of hydrogen-bond donors (Lipinski definition) is 1. The van der Waals surface area contributed by atoms with Gasteiger partial charge in [-0.1, -0.05) is 44.2 Å². The first-order valence-electron chi connectivity index (χ1n) is 7.28. The maximum Gasteiger partial charge on any atom is 0.328 e. The van der Waals surface area contributed by atoms with E-state index < -0.39 is 5.97 Å². The minimum atomic E-state index is -0.947. The van der Waals surface area contributed by atoms with Gasteiger partial charge in [-0.3, -0.25) is 0 Å². The van der Waals surface area contributed by atoms with Crippen LogP contribution in [-0.2, 0) is 4.79 Å². The van der Waals surface area contributed by atoms with E-state index in [1.165, 1.54) is 25.7 Å². The third kappa shape index (κ3) is 6.41. The van der Waals surface area contributed by atoms with E-state index in [0.29, 0.717) is 6.61 Å². The highest BCUT2D eigenvalue weighted by molar-refractivity contribution is 5.85. The molecule has 3 heteroatoms. The average molecular weight is 276 g/mol. The first kappa shape index (κ1) is 16.3. The summed E-state index contributed by atoms with van der Waals surface area (Å²) >= 11 is 0. The van der Waals surface area contributed by atoms with E-state index in [4.69, 9.17) is 9.84 Å². The second kappa shape index (κ2) is 9.18. The highest BCUT2D eigenvalue weighted by Crippen LogP contribution is 2.22. The summed E-state index contributed by atoms with van der Waals surface area (Å²) in [6.45, 7) is 4.86. The second-order valence-electron chi connectivity index (χ2n) is 4.98. The molecule has 0 amide bonds. The molecule has 0 saturated heterocycles. The number of benzene rings is 1. The Hall–Kier alpha value is -1.77. The molecule has 1 rings (SSSR count). The van der Waals surface area contributed by atoms with Crippen LogP contribution in [0, 0.1) is 6.92 Å². The van der Waals surface area contributed by atoms with Gasteiger partial charge >= 0.3 is 5.97 Å². The number of carboxylic acid groups (broad SMARTS) is 1. The van der Waals surface area contributed by atoms with E-state index in [0.717, 1.165) is 29.4 Å². The first-order chi connectivity index (χ1) is 9.63. The van der Waals surface area contributed by atoms with Crippen LogP contribution in [0.3, 0.4) is 0 Å². The molecule has 0 aliphatic heterocycles. The summed E-state index contributed by atoms with van der Waals surface area (Å²) in [6, 6.07) is 5.82. The van der Waals surface area contributed by atoms with Crippen LogP contribution in [0.1, 0.15) is 50.2 Å². The Labute approximate surface area is 121 Å². The molecule has 0 heterocycles. The van der Waals surface area contributed by atoms with Crippen LogP contribution in [0.4, 0.5) is 0 Å². The van der Waals surface area contributed by atoms with Gasteiger partial charge in [0.25, 0.3) is 0 Å². The van der Waals surface area contributed by atoms with Crippen LogP contribution in [0.15, 0.2) is 24.3 Å². The lowest BCUT2D eigenvalue weighted by atomic mass is 10.1. The molecule has 0 spiro atoms. The van der Waals surface area contributed by atoms with Crippen LogP contribution < -0.4 is 4.74 Å². The van der Waals surface area contributed by atoms with Crippen molar-refractivity contribution in [3.05, 3.63) is 35.4 Å². The van der Waals surface area contributed by atoms with Crippen LogP contribution >= 0.6 is 0 Å². The number of carbonyl (C=O) groups is 1. The Kier molecular flexibility index (Phi) is 7.48. The molecule has 1 N–H and O–H groups in total. The highest BCUT2D eigenvalue weighted by Gasteiger charge is 2.02. The van der Waals surface area contributed by atoms with E-state index in [1.54, 1.807) is 6.08 Å². The molecule has 0 aromatic heterocycles. The fraction of sp³-hybridized carbons (Fsp3) is 0.471. The van der Waals surface area contributed by atoms with Crippen LogP contribution in [0.5, 0.6) is 5.75 Å². The van der Waals surface area contributed by atoms with E-state index in [9.17, 15) is 4.79 Å². The topological polar surface area (TPSA) is 46.5 Å².